The van der Waals surface area contributed by atoms with Gasteiger partial charge in [-0.3, -0.25) is 10.8 Å². The molecule has 2 aromatic carbocycles. The Kier molecular flexibility index (Phi) is 6.56. The number of hydrogen-bond acceptors (Lipinski definition) is 2. The van der Waals surface area contributed by atoms with Gasteiger partial charge in [0.05, 0.1) is 11.4 Å². The minimum Gasteiger partial charge on any atom is -0.299 e. The molecule has 0 atom stereocenters. The highest BCUT2D eigenvalue weighted by molar-refractivity contribution is 6.49. The highest BCUT2D eigenvalue weighted by Gasteiger charge is 2.19. The van der Waals surface area contributed by atoms with Gasteiger partial charge in [0, 0.05) is 0 Å². The van der Waals surface area contributed by atoms with Crippen molar-refractivity contribution in [1.82, 2.24) is 0 Å². The number of hydrogen-bond donors (Lipinski definition) is 2. The normalized spacial score (nSPS) is 15.1. The molecule has 0 saturated carbocycles. The minimum atomic E-state index is 0.253. The second kappa shape index (κ2) is 9.29. The molecule has 29 heavy (non-hydrogen) atoms. The molecule has 1 aliphatic carbocycles. The Bertz CT molecular complexity index is 1030. The van der Waals surface area contributed by atoms with Crippen molar-refractivity contribution in [3.8, 4) is 0 Å². The molecule has 0 aromatic heterocycles. The van der Waals surface area contributed by atoms with Crippen molar-refractivity contribution >= 4 is 17.0 Å². The summed E-state index contributed by atoms with van der Waals surface area (Å²) in [5.74, 6) is 0.329. The molecule has 0 saturated heterocycles. The van der Waals surface area contributed by atoms with Gasteiger partial charge in [0.1, 0.15) is 0 Å². The van der Waals surface area contributed by atoms with Crippen LogP contribution in [-0.2, 0) is 6.42 Å². The fourth-order valence-corrected chi connectivity index (χ4v) is 3.66. The molecule has 1 aliphatic rings. The van der Waals surface area contributed by atoms with Crippen LogP contribution in [0.5, 0.6) is 0 Å². The van der Waals surface area contributed by atoms with E-state index in [0.717, 1.165) is 17.6 Å². The first-order chi connectivity index (χ1) is 14.0. The Morgan fingerprint density at radius 2 is 1.59 bits per heavy atom. The molecule has 0 unspecified atom stereocenters. The van der Waals surface area contributed by atoms with E-state index < -0.39 is 0 Å². The van der Waals surface area contributed by atoms with Crippen LogP contribution < -0.4 is 0 Å². The van der Waals surface area contributed by atoms with Crippen molar-refractivity contribution in [3.63, 3.8) is 0 Å². The summed E-state index contributed by atoms with van der Waals surface area (Å²) in [5, 5.41) is 16.1. The van der Waals surface area contributed by atoms with Gasteiger partial charge in [0.2, 0.25) is 0 Å². The molecule has 2 nitrogen and oxygen atoms in total. The molecular weight excluding hydrogens is 352 g/mol. The molecule has 0 aliphatic heterocycles. The first-order valence-electron chi connectivity index (χ1n) is 10.1. The Morgan fingerprint density at radius 1 is 0.897 bits per heavy atom. The van der Waals surface area contributed by atoms with E-state index in [0.29, 0.717) is 5.92 Å². The van der Waals surface area contributed by atoms with Crippen LogP contribution in [0.3, 0.4) is 0 Å². The maximum Gasteiger partial charge on any atom is 0.0795 e. The lowest BCUT2D eigenvalue weighted by Crippen LogP contribution is -2.12. The standard InChI is InChI=1S/C27H28N2/c1-4-10-23(19(2)3)27(22-15-16-25(28)26(29)18-22)24-14-9-8-13-21(24)17-20-11-6-5-7-12-20/h4-16,18-19,28-29H,17H2,1-3H3/b10-4-,27-23-,28-25?,29-26?. The van der Waals surface area contributed by atoms with Crippen LogP contribution in [0, 0.1) is 16.7 Å². The van der Waals surface area contributed by atoms with Crippen LogP contribution in [-0.4, -0.2) is 11.4 Å². The Hall–Kier alpha value is -3.26. The molecule has 0 heterocycles. The second-order valence-corrected chi connectivity index (χ2v) is 7.56. The third-order valence-corrected chi connectivity index (χ3v) is 5.09. The monoisotopic (exact) mass is 380 g/mol. The van der Waals surface area contributed by atoms with E-state index in [1.807, 2.05) is 25.1 Å². The summed E-state index contributed by atoms with van der Waals surface area (Å²) in [4.78, 5) is 0. The summed E-state index contributed by atoms with van der Waals surface area (Å²) in [6.45, 7) is 6.45. The zero-order valence-electron chi connectivity index (χ0n) is 17.4. The van der Waals surface area contributed by atoms with E-state index in [4.69, 9.17) is 10.8 Å². The maximum atomic E-state index is 8.17. The largest absolute Gasteiger partial charge is 0.299 e. The van der Waals surface area contributed by atoms with E-state index in [9.17, 15) is 0 Å². The zero-order valence-corrected chi connectivity index (χ0v) is 17.4. The van der Waals surface area contributed by atoms with Gasteiger partial charge in [-0.05, 0) is 64.8 Å². The molecular formula is C27H28N2. The molecule has 0 spiro atoms. The molecule has 2 heteroatoms. The molecule has 2 N–H and O–H groups in total. The predicted molar refractivity (Wildman–Crippen MR) is 125 cm³/mol. The molecule has 0 fully saturated rings. The van der Waals surface area contributed by atoms with Gasteiger partial charge in [-0.1, -0.05) is 86.7 Å². The summed E-state index contributed by atoms with van der Waals surface area (Å²) in [5.41, 5.74) is 7.62. The van der Waals surface area contributed by atoms with Crippen molar-refractivity contribution in [1.29, 1.82) is 10.8 Å². The van der Waals surface area contributed by atoms with E-state index >= 15 is 0 Å². The van der Waals surface area contributed by atoms with Crippen molar-refractivity contribution in [3.05, 3.63) is 113 Å². The highest BCUT2D eigenvalue weighted by Crippen LogP contribution is 2.35. The number of rotatable bonds is 6. The first-order valence-corrected chi connectivity index (χ1v) is 10.1. The highest BCUT2D eigenvalue weighted by atomic mass is 14.5. The molecule has 3 rings (SSSR count). The third kappa shape index (κ3) is 4.78. The molecule has 0 amide bonds. The summed E-state index contributed by atoms with van der Waals surface area (Å²) < 4.78 is 0. The van der Waals surface area contributed by atoms with E-state index in [2.05, 4.69) is 74.5 Å². The Balaban J connectivity index is 2.22. The van der Waals surface area contributed by atoms with Gasteiger partial charge in [-0.2, -0.15) is 0 Å². The lowest BCUT2D eigenvalue weighted by molar-refractivity contribution is 0.793. The van der Waals surface area contributed by atoms with Crippen molar-refractivity contribution in [2.75, 3.05) is 0 Å². The molecule has 0 radical (unpaired) electrons. The van der Waals surface area contributed by atoms with Gasteiger partial charge >= 0.3 is 0 Å². The van der Waals surface area contributed by atoms with Crippen LogP contribution in [0.4, 0.5) is 0 Å². The Labute approximate surface area is 174 Å². The lowest BCUT2D eigenvalue weighted by atomic mass is 9.82. The van der Waals surface area contributed by atoms with Crippen molar-refractivity contribution < 1.29 is 0 Å². The van der Waals surface area contributed by atoms with Crippen LogP contribution in [0.2, 0.25) is 0 Å². The minimum absolute atomic E-state index is 0.253. The quantitative estimate of drug-likeness (QED) is 0.409. The summed E-state index contributed by atoms with van der Waals surface area (Å²) >= 11 is 0. The lowest BCUT2D eigenvalue weighted by Gasteiger charge is -2.22. The van der Waals surface area contributed by atoms with E-state index in [1.165, 1.54) is 22.3 Å². The van der Waals surface area contributed by atoms with E-state index in [-0.39, 0.29) is 11.4 Å². The van der Waals surface area contributed by atoms with Crippen LogP contribution >= 0.6 is 0 Å². The number of benzene rings is 2. The SMILES string of the molecule is C/C=C\C(=C(/C1=CC(=N)C(=N)C=C1)c1ccccc1Cc1ccccc1)C(C)C. The third-order valence-electron chi connectivity index (χ3n) is 5.09. The zero-order chi connectivity index (χ0) is 20.8. The van der Waals surface area contributed by atoms with Crippen LogP contribution in [0.1, 0.15) is 37.5 Å². The molecule has 0 bridgehead atoms. The second-order valence-electron chi connectivity index (χ2n) is 7.56. The predicted octanol–water partition coefficient (Wildman–Crippen LogP) is 6.80. The van der Waals surface area contributed by atoms with E-state index in [1.54, 1.807) is 6.08 Å². The van der Waals surface area contributed by atoms with Crippen molar-refractivity contribution in [2.24, 2.45) is 5.92 Å². The van der Waals surface area contributed by atoms with Gasteiger partial charge in [-0.25, -0.2) is 0 Å². The smallest absolute Gasteiger partial charge is 0.0795 e. The van der Waals surface area contributed by atoms with Gasteiger partial charge in [-0.15, -0.1) is 0 Å². The van der Waals surface area contributed by atoms with Crippen LogP contribution in [0.25, 0.3) is 5.57 Å². The topological polar surface area (TPSA) is 47.7 Å². The average Bonchev–Trinajstić information content (AvgIpc) is 2.72. The van der Waals surface area contributed by atoms with Gasteiger partial charge in [0.25, 0.3) is 0 Å². The number of allylic oxidation sites excluding steroid dienone is 8. The molecule has 2 aromatic rings. The summed E-state index contributed by atoms with van der Waals surface area (Å²) in [7, 11) is 0. The summed E-state index contributed by atoms with van der Waals surface area (Å²) in [6, 6.07) is 19.1. The van der Waals surface area contributed by atoms with Gasteiger partial charge < -0.3 is 0 Å². The Morgan fingerprint density at radius 3 is 2.24 bits per heavy atom. The first kappa shape index (κ1) is 20.5. The maximum absolute atomic E-state index is 8.17. The summed E-state index contributed by atoms with van der Waals surface area (Å²) in [6.07, 6.45) is 10.6. The average molecular weight is 381 g/mol. The van der Waals surface area contributed by atoms with Crippen LogP contribution in [0.15, 0.2) is 96.1 Å². The van der Waals surface area contributed by atoms with Crippen molar-refractivity contribution in [2.45, 2.75) is 27.2 Å². The fourth-order valence-electron chi connectivity index (χ4n) is 3.66. The fraction of sp³-hybridized carbons (Fsp3) is 0.185. The molecule has 146 valence electrons. The van der Waals surface area contributed by atoms with Gasteiger partial charge in [0.15, 0.2) is 0 Å². The number of nitrogens with one attached hydrogen (secondary N) is 2.